The molecule has 2 aliphatic rings. The number of hydrogen-bond donors (Lipinski definition) is 2. The van der Waals surface area contributed by atoms with Gasteiger partial charge in [-0.1, -0.05) is 6.07 Å². The van der Waals surface area contributed by atoms with E-state index in [1.807, 2.05) is 19.1 Å². The molecule has 1 aliphatic carbocycles. The molecule has 8 nitrogen and oxygen atoms in total. The standard InChI is InChI=1S/C23H29F2N7O/c1-14-2-7-17-18(12-14)32(22(28-17)21(24)25)20-13-19(31-8-10-33-11-9-31)29-23(30-20)27-16-5-3-15(26)4-6-16/h2,7,12-13,15-16,21H,3-6,8-11,26H2,1H3,(H,27,29,30)/t15-,16-. The maximum absolute atomic E-state index is 14.0. The lowest BCUT2D eigenvalue weighted by Crippen LogP contribution is -2.37. The second-order valence-electron chi connectivity index (χ2n) is 8.86. The molecule has 33 heavy (non-hydrogen) atoms. The van der Waals surface area contributed by atoms with E-state index in [4.69, 9.17) is 15.5 Å². The minimum absolute atomic E-state index is 0.203. The van der Waals surface area contributed by atoms with Crippen LogP contribution >= 0.6 is 0 Å². The molecule has 0 unspecified atom stereocenters. The monoisotopic (exact) mass is 457 g/mol. The number of nitrogens with two attached hydrogens (primary N) is 1. The summed E-state index contributed by atoms with van der Waals surface area (Å²) < 4.78 is 35.0. The lowest BCUT2D eigenvalue weighted by molar-refractivity contribution is 0.122. The molecule has 1 saturated carbocycles. The number of nitrogens with one attached hydrogen (secondary N) is 1. The summed E-state index contributed by atoms with van der Waals surface area (Å²) in [6, 6.07) is 7.70. The Kier molecular flexibility index (Phi) is 6.11. The molecule has 3 heterocycles. The lowest BCUT2D eigenvalue weighted by atomic mass is 9.92. The third-order valence-electron chi connectivity index (χ3n) is 6.40. The van der Waals surface area contributed by atoms with Gasteiger partial charge in [-0.05, 0) is 50.3 Å². The number of anilines is 2. The molecule has 0 atom stereocenters. The molecule has 1 saturated heterocycles. The highest BCUT2D eigenvalue weighted by molar-refractivity contribution is 5.79. The number of aromatic nitrogens is 4. The van der Waals surface area contributed by atoms with E-state index in [0.717, 1.165) is 31.2 Å². The number of imidazole rings is 1. The molecule has 0 radical (unpaired) electrons. The predicted octanol–water partition coefficient (Wildman–Crippen LogP) is 3.58. The maximum Gasteiger partial charge on any atom is 0.296 e. The molecule has 3 N–H and O–H groups in total. The van der Waals surface area contributed by atoms with Gasteiger partial charge in [-0.15, -0.1) is 0 Å². The normalized spacial score (nSPS) is 21.7. The van der Waals surface area contributed by atoms with Crippen molar-refractivity contribution in [1.82, 2.24) is 19.5 Å². The highest BCUT2D eigenvalue weighted by Gasteiger charge is 2.25. The zero-order valence-corrected chi connectivity index (χ0v) is 18.7. The number of halogens is 2. The van der Waals surface area contributed by atoms with Crippen LogP contribution in [0.2, 0.25) is 0 Å². The van der Waals surface area contributed by atoms with E-state index in [0.29, 0.717) is 54.9 Å². The van der Waals surface area contributed by atoms with Crippen molar-refractivity contribution in [3.63, 3.8) is 0 Å². The minimum atomic E-state index is -2.74. The van der Waals surface area contributed by atoms with Crippen LogP contribution in [0.3, 0.4) is 0 Å². The topological polar surface area (TPSA) is 94.1 Å². The summed E-state index contributed by atoms with van der Waals surface area (Å²) in [4.78, 5) is 15.7. The Labute approximate surface area is 191 Å². The average molecular weight is 458 g/mol. The van der Waals surface area contributed by atoms with Crippen LogP contribution in [0.1, 0.15) is 43.5 Å². The summed E-state index contributed by atoms with van der Waals surface area (Å²) in [7, 11) is 0. The van der Waals surface area contributed by atoms with E-state index in [-0.39, 0.29) is 17.9 Å². The van der Waals surface area contributed by atoms with Gasteiger partial charge in [0, 0.05) is 31.2 Å². The van der Waals surface area contributed by atoms with Crippen LogP contribution in [0.25, 0.3) is 16.9 Å². The van der Waals surface area contributed by atoms with Gasteiger partial charge in [0.05, 0.1) is 24.2 Å². The minimum Gasteiger partial charge on any atom is -0.378 e. The Hall–Kier alpha value is -2.85. The van der Waals surface area contributed by atoms with Crippen LogP contribution in [-0.2, 0) is 4.74 Å². The first kappa shape index (κ1) is 22.0. The van der Waals surface area contributed by atoms with Crippen LogP contribution in [-0.4, -0.2) is 57.9 Å². The number of benzene rings is 1. The van der Waals surface area contributed by atoms with E-state index in [2.05, 4.69) is 20.2 Å². The van der Waals surface area contributed by atoms with Crippen LogP contribution in [0, 0.1) is 6.92 Å². The van der Waals surface area contributed by atoms with Gasteiger partial charge in [0.25, 0.3) is 6.43 Å². The van der Waals surface area contributed by atoms with Crippen LogP contribution in [0.15, 0.2) is 24.3 Å². The number of hydrogen-bond acceptors (Lipinski definition) is 7. The zero-order valence-electron chi connectivity index (χ0n) is 18.7. The molecular weight excluding hydrogens is 428 g/mol. The first-order chi connectivity index (χ1) is 16.0. The second-order valence-corrected chi connectivity index (χ2v) is 8.86. The summed E-state index contributed by atoms with van der Waals surface area (Å²) in [5.41, 5.74) is 8.13. The van der Waals surface area contributed by atoms with E-state index in [9.17, 15) is 8.78 Å². The molecule has 3 aromatic rings. The van der Waals surface area contributed by atoms with Gasteiger partial charge in [0.15, 0.2) is 5.82 Å². The molecular formula is C23H29F2N7O. The van der Waals surface area contributed by atoms with Crippen molar-refractivity contribution in [2.24, 2.45) is 5.73 Å². The number of aryl methyl sites for hydroxylation is 1. The number of morpholine rings is 1. The van der Waals surface area contributed by atoms with Gasteiger partial charge in [0.2, 0.25) is 5.95 Å². The van der Waals surface area contributed by atoms with Crippen molar-refractivity contribution >= 4 is 22.8 Å². The fourth-order valence-corrected chi connectivity index (χ4v) is 4.59. The van der Waals surface area contributed by atoms with Gasteiger partial charge >= 0.3 is 0 Å². The summed E-state index contributed by atoms with van der Waals surface area (Å²) in [5.74, 6) is 1.18. The van der Waals surface area contributed by atoms with Crippen LogP contribution in [0.5, 0.6) is 0 Å². The van der Waals surface area contributed by atoms with Gasteiger partial charge in [0.1, 0.15) is 11.6 Å². The highest BCUT2D eigenvalue weighted by Crippen LogP contribution is 2.30. The lowest BCUT2D eigenvalue weighted by Gasteiger charge is -2.30. The van der Waals surface area contributed by atoms with Crippen molar-refractivity contribution in [2.75, 3.05) is 36.5 Å². The van der Waals surface area contributed by atoms with Crippen molar-refractivity contribution < 1.29 is 13.5 Å². The van der Waals surface area contributed by atoms with Gasteiger partial charge in [-0.25, -0.2) is 13.8 Å². The highest BCUT2D eigenvalue weighted by atomic mass is 19.3. The predicted molar refractivity (Wildman–Crippen MR) is 123 cm³/mol. The largest absolute Gasteiger partial charge is 0.378 e. The van der Waals surface area contributed by atoms with Gasteiger partial charge in [-0.2, -0.15) is 9.97 Å². The molecule has 0 spiro atoms. The van der Waals surface area contributed by atoms with Gasteiger partial charge in [-0.3, -0.25) is 4.57 Å². The Balaban J connectivity index is 1.60. The molecule has 10 heteroatoms. The smallest absolute Gasteiger partial charge is 0.296 e. The SMILES string of the molecule is Cc1ccc2nc(C(F)F)n(-c3cc(N4CCOCC4)nc(N[C@H]4CC[C@H](N)CC4)n3)c2c1. The molecule has 1 aromatic carbocycles. The number of rotatable bonds is 5. The average Bonchev–Trinajstić information content (AvgIpc) is 3.20. The fraction of sp³-hybridized carbons (Fsp3) is 0.522. The number of nitrogens with zero attached hydrogens (tertiary/aromatic N) is 5. The molecule has 2 aromatic heterocycles. The Morgan fingerprint density at radius 1 is 1.03 bits per heavy atom. The molecule has 0 amide bonds. The van der Waals surface area contributed by atoms with E-state index >= 15 is 0 Å². The van der Waals surface area contributed by atoms with Gasteiger partial charge < -0.3 is 20.7 Å². The Morgan fingerprint density at radius 3 is 2.48 bits per heavy atom. The third-order valence-corrected chi connectivity index (χ3v) is 6.40. The van der Waals surface area contributed by atoms with Crippen molar-refractivity contribution in [1.29, 1.82) is 0 Å². The maximum atomic E-state index is 14.0. The molecule has 1 aliphatic heterocycles. The van der Waals surface area contributed by atoms with E-state index < -0.39 is 6.43 Å². The number of alkyl halides is 2. The summed E-state index contributed by atoms with van der Waals surface area (Å²) >= 11 is 0. The van der Waals surface area contributed by atoms with Crippen molar-refractivity contribution in [2.45, 2.75) is 51.1 Å². The second kappa shape index (κ2) is 9.18. The zero-order chi connectivity index (χ0) is 22.9. The van der Waals surface area contributed by atoms with Crippen LogP contribution in [0.4, 0.5) is 20.5 Å². The number of ether oxygens (including phenoxy) is 1. The molecule has 0 bridgehead atoms. The van der Waals surface area contributed by atoms with E-state index in [1.54, 1.807) is 12.1 Å². The third kappa shape index (κ3) is 4.63. The summed E-state index contributed by atoms with van der Waals surface area (Å²) in [6.07, 6.45) is 0.994. The summed E-state index contributed by atoms with van der Waals surface area (Å²) in [6.45, 7) is 4.48. The number of fused-ring (bicyclic) bond motifs is 1. The molecule has 176 valence electrons. The van der Waals surface area contributed by atoms with Crippen LogP contribution < -0.4 is 16.0 Å². The van der Waals surface area contributed by atoms with Crippen molar-refractivity contribution in [3.8, 4) is 5.82 Å². The first-order valence-electron chi connectivity index (χ1n) is 11.5. The quantitative estimate of drug-likeness (QED) is 0.605. The van der Waals surface area contributed by atoms with E-state index in [1.165, 1.54) is 4.57 Å². The molecule has 2 fully saturated rings. The molecule has 5 rings (SSSR count). The van der Waals surface area contributed by atoms with Crippen molar-refractivity contribution in [3.05, 3.63) is 35.7 Å². The summed E-state index contributed by atoms with van der Waals surface area (Å²) in [5, 5.41) is 3.43. The first-order valence-corrected chi connectivity index (χ1v) is 11.5. The Morgan fingerprint density at radius 2 is 1.76 bits per heavy atom. The Bertz CT molecular complexity index is 1120. The fourth-order valence-electron chi connectivity index (χ4n) is 4.59.